The van der Waals surface area contributed by atoms with Gasteiger partial charge < -0.3 is 9.64 Å². The van der Waals surface area contributed by atoms with Crippen LogP contribution in [0, 0.1) is 5.92 Å². The number of benzene rings is 1. The number of carbonyl (C=O) groups excluding carboxylic acids is 1. The van der Waals surface area contributed by atoms with Crippen LogP contribution in [0.5, 0.6) is 0 Å². The van der Waals surface area contributed by atoms with E-state index in [2.05, 4.69) is 19.1 Å². The van der Waals surface area contributed by atoms with Gasteiger partial charge in [0.2, 0.25) is 5.91 Å². The summed E-state index contributed by atoms with van der Waals surface area (Å²) >= 11 is 0. The smallest absolute Gasteiger partial charge is 0.225 e. The standard InChI is InChI=1S/C14H17NO2/c1-10-7-13(16)15-12(9-17-14(15)8-10)11-5-3-2-4-6-11/h2-6,10,12,14H,7-9H2,1H3/t10-,12-,14+/m0/s1. The molecule has 0 bridgehead atoms. The molecule has 2 saturated heterocycles. The number of carbonyl (C=O) groups is 1. The quantitative estimate of drug-likeness (QED) is 0.742. The van der Waals surface area contributed by atoms with E-state index in [-0.39, 0.29) is 18.2 Å². The van der Waals surface area contributed by atoms with E-state index in [1.807, 2.05) is 23.1 Å². The molecule has 2 aliphatic rings. The summed E-state index contributed by atoms with van der Waals surface area (Å²) in [6.07, 6.45) is 1.62. The zero-order valence-electron chi connectivity index (χ0n) is 10.0. The Morgan fingerprint density at radius 1 is 1.29 bits per heavy atom. The fraction of sp³-hybridized carbons (Fsp3) is 0.500. The van der Waals surface area contributed by atoms with Crippen molar-refractivity contribution < 1.29 is 9.53 Å². The first-order valence-corrected chi connectivity index (χ1v) is 6.23. The number of rotatable bonds is 1. The molecule has 0 radical (unpaired) electrons. The van der Waals surface area contributed by atoms with Gasteiger partial charge in [-0.3, -0.25) is 4.79 Å². The van der Waals surface area contributed by atoms with Crippen LogP contribution in [0.2, 0.25) is 0 Å². The summed E-state index contributed by atoms with van der Waals surface area (Å²) in [5, 5.41) is 0. The van der Waals surface area contributed by atoms with Crippen LogP contribution in [0.4, 0.5) is 0 Å². The molecule has 1 aromatic rings. The van der Waals surface area contributed by atoms with Crippen LogP contribution in [0.15, 0.2) is 30.3 Å². The van der Waals surface area contributed by atoms with Gasteiger partial charge in [0.05, 0.1) is 12.6 Å². The molecule has 1 amide bonds. The van der Waals surface area contributed by atoms with E-state index in [1.54, 1.807) is 0 Å². The predicted molar refractivity (Wildman–Crippen MR) is 64.2 cm³/mol. The second-order valence-electron chi connectivity index (χ2n) is 5.06. The summed E-state index contributed by atoms with van der Waals surface area (Å²) in [5.74, 6) is 0.679. The zero-order chi connectivity index (χ0) is 11.8. The van der Waals surface area contributed by atoms with Crippen molar-refractivity contribution in [3.63, 3.8) is 0 Å². The maximum Gasteiger partial charge on any atom is 0.225 e. The van der Waals surface area contributed by atoms with Crippen molar-refractivity contribution >= 4 is 5.91 Å². The van der Waals surface area contributed by atoms with Gasteiger partial charge in [0.1, 0.15) is 6.23 Å². The van der Waals surface area contributed by atoms with Gasteiger partial charge in [0, 0.05) is 6.42 Å². The molecule has 1 aromatic carbocycles. The Hall–Kier alpha value is -1.35. The lowest BCUT2D eigenvalue weighted by atomic mass is 9.95. The van der Waals surface area contributed by atoms with Gasteiger partial charge in [-0.25, -0.2) is 0 Å². The number of fused-ring (bicyclic) bond motifs is 1. The zero-order valence-corrected chi connectivity index (χ0v) is 10.0. The van der Waals surface area contributed by atoms with Crippen LogP contribution in [-0.4, -0.2) is 23.6 Å². The van der Waals surface area contributed by atoms with Crippen LogP contribution in [0.3, 0.4) is 0 Å². The van der Waals surface area contributed by atoms with Gasteiger partial charge in [0.15, 0.2) is 0 Å². The minimum atomic E-state index is -0.00328. The van der Waals surface area contributed by atoms with E-state index in [9.17, 15) is 4.79 Å². The fourth-order valence-electron chi connectivity index (χ4n) is 2.84. The van der Waals surface area contributed by atoms with Gasteiger partial charge in [-0.1, -0.05) is 37.3 Å². The Morgan fingerprint density at radius 2 is 2.06 bits per heavy atom. The second-order valence-corrected chi connectivity index (χ2v) is 5.06. The minimum absolute atomic E-state index is 0.00328. The molecule has 2 heterocycles. The fourth-order valence-corrected chi connectivity index (χ4v) is 2.84. The molecule has 3 heteroatoms. The molecule has 0 unspecified atom stereocenters. The first-order chi connectivity index (χ1) is 8.25. The second kappa shape index (κ2) is 4.15. The molecule has 0 aliphatic carbocycles. The highest BCUT2D eigenvalue weighted by molar-refractivity contribution is 5.78. The van der Waals surface area contributed by atoms with Crippen molar-refractivity contribution in [1.29, 1.82) is 0 Å². The number of amides is 1. The van der Waals surface area contributed by atoms with Gasteiger partial charge in [-0.15, -0.1) is 0 Å². The third-order valence-electron chi connectivity index (χ3n) is 3.69. The number of hydrogen-bond acceptors (Lipinski definition) is 2. The average molecular weight is 231 g/mol. The molecule has 0 N–H and O–H groups in total. The van der Waals surface area contributed by atoms with Crippen LogP contribution in [0.25, 0.3) is 0 Å². The van der Waals surface area contributed by atoms with Gasteiger partial charge in [0.25, 0.3) is 0 Å². The molecule has 90 valence electrons. The van der Waals surface area contributed by atoms with Gasteiger partial charge >= 0.3 is 0 Å². The van der Waals surface area contributed by atoms with Crippen molar-refractivity contribution in [3.05, 3.63) is 35.9 Å². The molecular weight excluding hydrogens is 214 g/mol. The van der Waals surface area contributed by atoms with Gasteiger partial charge in [-0.05, 0) is 17.9 Å². The summed E-state index contributed by atoms with van der Waals surface area (Å²) in [7, 11) is 0. The van der Waals surface area contributed by atoms with Crippen molar-refractivity contribution in [2.75, 3.05) is 6.61 Å². The highest BCUT2D eigenvalue weighted by Gasteiger charge is 2.42. The maximum absolute atomic E-state index is 12.1. The van der Waals surface area contributed by atoms with E-state index < -0.39 is 0 Å². The van der Waals surface area contributed by atoms with Crippen LogP contribution >= 0.6 is 0 Å². The van der Waals surface area contributed by atoms with E-state index in [1.165, 1.54) is 5.56 Å². The summed E-state index contributed by atoms with van der Waals surface area (Å²) in [6.45, 7) is 2.75. The lowest BCUT2D eigenvalue weighted by molar-refractivity contribution is -0.144. The highest BCUT2D eigenvalue weighted by Crippen LogP contribution is 2.37. The Morgan fingerprint density at radius 3 is 2.82 bits per heavy atom. The third-order valence-corrected chi connectivity index (χ3v) is 3.69. The Kier molecular flexibility index (Phi) is 2.63. The summed E-state index contributed by atoms with van der Waals surface area (Å²) in [5.41, 5.74) is 1.18. The summed E-state index contributed by atoms with van der Waals surface area (Å²) < 4.78 is 5.77. The molecule has 0 spiro atoms. The van der Waals surface area contributed by atoms with Crippen molar-refractivity contribution in [1.82, 2.24) is 4.90 Å². The monoisotopic (exact) mass is 231 g/mol. The molecule has 0 saturated carbocycles. The number of piperidine rings is 1. The van der Waals surface area contributed by atoms with Crippen LogP contribution in [-0.2, 0) is 9.53 Å². The summed E-state index contributed by atoms with van der Waals surface area (Å²) in [4.78, 5) is 14.1. The largest absolute Gasteiger partial charge is 0.356 e. The maximum atomic E-state index is 12.1. The van der Waals surface area contributed by atoms with Gasteiger partial charge in [-0.2, -0.15) is 0 Å². The average Bonchev–Trinajstić information content (AvgIpc) is 2.74. The van der Waals surface area contributed by atoms with E-state index in [0.717, 1.165) is 6.42 Å². The normalized spacial score (nSPS) is 32.6. The Bertz CT molecular complexity index is 417. The summed E-state index contributed by atoms with van der Waals surface area (Å²) in [6, 6.07) is 10.3. The first kappa shape index (κ1) is 10.8. The van der Waals surface area contributed by atoms with E-state index in [0.29, 0.717) is 18.9 Å². The molecule has 0 aromatic heterocycles. The molecule has 17 heavy (non-hydrogen) atoms. The lowest BCUT2D eigenvalue weighted by Crippen LogP contribution is -2.43. The van der Waals surface area contributed by atoms with E-state index >= 15 is 0 Å². The topological polar surface area (TPSA) is 29.5 Å². The number of nitrogens with zero attached hydrogens (tertiary/aromatic N) is 1. The Balaban J connectivity index is 1.87. The lowest BCUT2D eigenvalue weighted by Gasteiger charge is -2.34. The molecule has 3 atom stereocenters. The number of hydrogen-bond donors (Lipinski definition) is 0. The highest BCUT2D eigenvalue weighted by atomic mass is 16.5. The van der Waals surface area contributed by atoms with E-state index in [4.69, 9.17) is 4.74 Å². The SMILES string of the molecule is C[C@H]1CC(=O)N2[C@@H](C1)OC[C@H]2c1ccccc1. The first-order valence-electron chi connectivity index (χ1n) is 6.23. The molecular formula is C14H17NO2. The number of ether oxygens (including phenoxy) is 1. The Labute approximate surface area is 101 Å². The van der Waals surface area contributed by atoms with Crippen LogP contribution in [0.1, 0.15) is 31.4 Å². The molecule has 2 fully saturated rings. The van der Waals surface area contributed by atoms with Crippen LogP contribution < -0.4 is 0 Å². The molecule has 3 rings (SSSR count). The van der Waals surface area contributed by atoms with Crippen molar-refractivity contribution in [2.45, 2.75) is 32.0 Å². The molecule has 2 aliphatic heterocycles. The van der Waals surface area contributed by atoms with Crippen molar-refractivity contribution in [3.8, 4) is 0 Å². The minimum Gasteiger partial charge on any atom is -0.356 e. The van der Waals surface area contributed by atoms with Crippen molar-refractivity contribution in [2.24, 2.45) is 5.92 Å². The third kappa shape index (κ3) is 1.84. The molecule has 3 nitrogen and oxygen atoms in total. The predicted octanol–water partition coefficient (Wildman–Crippen LogP) is 2.34.